The van der Waals surface area contributed by atoms with Gasteiger partial charge in [-0.25, -0.2) is 0 Å². The molecule has 65 heavy (non-hydrogen) atoms. The molecule has 4 aromatic rings. The first-order valence-corrected chi connectivity index (χ1v) is 16.4. The number of H-pyrrole nitrogens is 4. The fourth-order valence-electron chi connectivity index (χ4n) is 6.06. The van der Waals surface area contributed by atoms with E-state index < -0.39 is 186 Å². The lowest BCUT2D eigenvalue weighted by Crippen LogP contribution is -2.54. The van der Waals surface area contributed by atoms with Crippen LogP contribution < -0.4 is 21.4 Å². The summed E-state index contributed by atoms with van der Waals surface area (Å²) in [5, 5.41) is -11.6. The normalized spacial score (nSPS) is 16.3. The maximum atomic E-state index is 15.8. The second-order valence-corrected chi connectivity index (χ2v) is 13.8. The van der Waals surface area contributed by atoms with Gasteiger partial charge in [0.1, 0.15) is 0 Å². The fraction of sp³-hybridized carbons (Fsp3) is 0.375. The Balaban J connectivity index is 2.21. The molecule has 0 fully saturated rings. The minimum atomic E-state index is -7.55. The van der Waals surface area contributed by atoms with Gasteiger partial charge in [-0.3, -0.25) is 0 Å². The molecule has 0 atom stereocenters. The molecule has 4 nitrogen and oxygen atoms in total. The zero-order chi connectivity index (χ0) is 50.3. The number of aromatic nitrogens is 4. The van der Waals surface area contributed by atoms with E-state index in [0.717, 1.165) is 19.9 Å². The SMILES string of the molecule is FC(F)(F)C(F)(F)C(F)(F)C1=c2ccc([nH]2)=C(C(F)(F)C(F)(F)C(F)(F)F)c2ccc([nH]2)C(C(F)(F)C(F)(F)C(F)(F)F)=c2[nH]c(cc2Cl)=C(C(F)(F)C(F)(F)C(F)(F)F)c2ccc1[nH]2. The van der Waals surface area contributed by atoms with Crippen molar-refractivity contribution in [2.24, 2.45) is 0 Å². The molecule has 1 aliphatic rings. The molecule has 0 aliphatic carbocycles. The lowest BCUT2D eigenvalue weighted by molar-refractivity contribution is -0.339. The van der Waals surface area contributed by atoms with Crippen molar-refractivity contribution in [3.8, 4) is 0 Å². The molecule has 0 spiro atoms. The molecule has 362 valence electrons. The Kier molecular flexibility index (Phi) is 11.3. The van der Waals surface area contributed by atoms with E-state index in [1.54, 1.807) is 0 Å². The van der Waals surface area contributed by atoms with Crippen molar-refractivity contribution in [3.05, 3.63) is 91.7 Å². The molecule has 0 unspecified atom stereocenters. The summed E-state index contributed by atoms with van der Waals surface area (Å²) < 4.78 is 404. The Morgan fingerprint density at radius 3 is 0.815 bits per heavy atom. The third-order valence-corrected chi connectivity index (χ3v) is 9.52. The summed E-state index contributed by atoms with van der Waals surface area (Å²) in [6.45, 7) is 0. The molecule has 4 aromatic heterocycles. The zero-order valence-corrected chi connectivity index (χ0v) is 30.3. The Labute approximate surface area is 340 Å². The molecule has 0 amide bonds. The Morgan fingerprint density at radius 2 is 0.538 bits per heavy atom. The van der Waals surface area contributed by atoms with E-state index in [4.69, 9.17) is 11.6 Å². The van der Waals surface area contributed by atoms with Crippen molar-refractivity contribution in [2.75, 3.05) is 0 Å². The van der Waals surface area contributed by atoms with Crippen LogP contribution in [-0.4, -0.2) is 92.0 Å². The van der Waals surface area contributed by atoms with E-state index in [2.05, 4.69) is 0 Å². The number of nitrogens with one attached hydrogen (secondary N) is 4. The summed E-state index contributed by atoms with van der Waals surface area (Å²) in [7, 11) is 0. The zero-order valence-electron chi connectivity index (χ0n) is 29.5. The standard InChI is InChI=1S/C32H11ClF28N4/c33-8-7-15-18(23(38,39)27(46,47)31(56,57)58)13-4-3-11(63-13)16(21(34,35)25(42,43)29(50,51)52)9-1-2-10(62-9)17(22(36,37)26(44,45)30(53,54)55)12-5-6-14(64-12)19(20(8)65-15)24(40,41)28(48,49)32(59,60)61/h1-7,62-65H. The molecule has 1 aliphatic heterocycles. The maximum Gasteiger partial charge on any atom is 0.460 e. The van der Waals surface area contributed by atoms with Crippen LogP contribution in [0.4, 0.5) is 123 Å². The third-order valence-electron chi connectivity index (χ3n) is 9.22. The highest BCUT2D eigenvalue weighted by Crippen LogP contribution is 2.56. The minimum absolute atomic E-state index is 0.446. The average Bonchev–Trinajstić information content (AvgIpc) is 3.93. The summed E-state index contributed by atoms with van der Waals surface area (Å²) in [6.07, 6.45) is -29.9. The lowest BCUT2D eigenvalue weighted by Gasteiger charge is -2.30. The number of hydrogen-bond acceptors (Lipinski definition) is 0. The van der Waals surface area contributed by atoms with Crippen LogP contribution in [0, 0.1) is 0 Å². The first kappa shape index (κ1) is 50.9. The summed E-state index contributed by atoms with van der Waals surface area (Å²) in [5.74, 6) is -58.3. The highest BCUT2D eigenvalue weighted by atomic mass is 35.5. The van der Waals surface area contributed by atoms with Gasteiger partial charge in [-0.15, -0.1) is 0 Å². The predicted octanol–water partition coefficient (Wildman–Crippen LogP) is 10.1. The monoisotopic (exact) mass is 1020 g/mol. The fourth-order valence-corrected chi connectivity index (χ4v) is 6.31. The second kappa shape index (κ2) is 14.5. The minimum Gasteiger partial charge on any atom is -0.355 e. The number of aromatic amines is 4. The molecule has 4 N–H and O–H groups in total. The van der Waals surface area contributed by atoms with Crippen molar-refractivity contribution < 1.29 is 123 Å². The lowest BCUT2D eigenvalue weighted by atomic mass is 9.98. The van der Waals surface area contributed by atoms with Crippen molar-refractivity contribution in [2.45, 2.75) is 72.1 Å². The topological polar surface area (TPSA) is 63.2 Å². The highest BCUT2D eigenvalue weighted by Gasteiger charge is 2.78. The molecule has 0 aromatic carbocycles. The van der Waals surface area contributed by atoms with Gasteiger partial charge in [0, 0.05) is 0 Å². The van der Waals surface area contributed by atoms with Gasteiger partial charge >= 0.3 is 72.1 Å². The number of rotatable bonds is 8. The Hall–Kier alpha value is -5.07. The molecule has 0 radical (unpaired) electrons. The number of halogens is 29. The van der Waals surface area contributed by atoms with Gasteiger partial charge in [0.25, 0.3) is 0 Å². The van der Waals surface area contributed by atoms with E-state index in [1.807, 2.05) is 0 Å². The van der Waals surface area contributed by atoms with Gasteiger partial charge in [0.15, 0.2) is 0 Å². The third kappa shape index (κ3) is 7.28. The number of fused-ring (bicyclic) bond motifs is 8. The average molecular weight is 1020 g/mol. The van der Waals surface area contributed by atoms with Crippen LogP contribution in [-0.2, 0) is 0 Å². The van der Waals surface area contributed by atoms with Crippen molar-refractivity contribution >= 4 is 33.9 Å². The predicted molar refractivity (Wildman–Crippen MR) is 161 cm³/mol. The van der Waals surface area contributed by atoms with Crippen LogP contribution >= 0.6 is 11.6 Å². The van der Waals surface area contributed by atoms with E-state index in [-0.39, 0.29) is 0 Å². The summed E-state index contributed by atoms with van der Waals surface area (Å²) in [6, 6.07) is -3.34. The van der Waals surface area contributed by atoms with Crippen molar-refractivity contribution in [3.63, 3.8) is 0 Å². The van der Waals surface area contributed by atoms with Crippen LogP contribution in [0.2, 0.25) is 5.02 Å². The van der Waals surface area contributed by atoms with E-state index >= 15 is 35.1 Å². The van der Waals surface area contributed by atoms with Crippen LogP contribution in [0.3, 0.4) is 0 Å². The summed E-state index contributed by atoms with van der Waals surface area (Å²) in [5.41, 5.74) is -22.0. The summed E-state index contributed by atoms with van der Waals surface area (Å²) >= 11 is 5.62. The molecule has 5 rings (SSSR count). The first-order chi connectivity index (χ1) is 28.8. The van der Waals surface area contributed by atoms with Crippen LogP contribution in [0.25, 0.3) is 22.3 Å². The van der Waals surface area contributed by atoms with Crippen molar-refractivity contribution in [1.82, 2.24) is 19.9 Å². The smallest absolute Gasteiger partial charge is 0.355 e. The van der Waals surface area contributed by atoms with Gasteiger partial charge in [-0.05, 0) is 42.5 Å². The van der Waals surface area contributed by atoms with Crippen molar-refractivity contribution in [1.29, 1.82) is 0 Å². The van der Waals surface area contributed by atoms with E-state index in [0.29, 0.717) is 0 Å². The maximum absolute atomic E-state index is 15.8. The largest absolute Gasteiger partial charge is 0.460 e. The van der Waals surface area contributed by atoms with Crippen LogP contribution in [0.1, 0.15) is 22.8 Å². The molecular weight excluding hydrogens is 1010 g/mol. The second-order valence-electron chi connectivity index (χ2n) is 13.3. The molecule has 33 heteroatoms. The molecular formula is C32H11ClF28N4. The molecule has 0 saturated heterocycles. The number of hydrogen-bond donors (Lipinski definition) is 4. The highest BCUT2D eigenvalue weighted by molar-refractivity contribution is 6.30. The Morgan fingerprint density at radius 1 is 0.292 bits per heavy atom. The molecule has 5 heterocycles. The Bertz CT molecular complexity index is 2750. The van der Waals surface area contributed by atoms with E-state index in [1.165, 1.54) is 0 Å². The van der Waals surface area contributed by atoms with Gasteiger partial charge < -0.3 is 19.9 Å². The molecule has 0 saturated carbocycles. The van der Waals surface area contributed by atoms with Crippen LogP contribution in [0.15, 0.2) is 42.5 Å². The van der Waals surface area contributed by atoms with Gasteiger partial charge in [0.05, 0.1) is 71.5 Å². The summed E-state index contributed by atoms with van der Waals surface area (Å²) in [4.78, 5) is 3.85. The molecule has 8 bridgehead atoms. The van der Waals surface area contributed by atoms with Gasteiger partial charge in [-0.2, -0.15) is 123 Å². The first-order valence-electron chi connectivity index (χ1n) is 16.0. The van der Waals surface area contributed by atoms with Crippen LogP contribution in [0.5, 0.6) is 0 Å². The van der Waals surface area contributed by atoms with Gasteiger partial charge in [0.2, 0.25) is 0 Å². The quantitative estimate of drug-likeness (QED) is 0.127. The number of alkyl halides is 28. The van der Waals surface area contributed by atoms with Gasteiger partial charge in [-0.1, -0.05) is 11.6 Å². The van der Waals surface area contributed by atoms with E-state index in [9.17, 15) is 87.8 Å².